The van der Waals surface area contributed by atoms with Crippen LogP contribution >= 0.6 is 0 Å². The Hall–Kier alpha value is -2.88. The molecule has 2 aromatic heterocycles. The number of hydrogen-bond acceptors (Lipinski definition) is 5. The standard InChI is InChI=1S/C19H22N6O/c20-13-15-3-4-16(22-15)19(26)25-11-6-14(7-12-25)18-21-8-5-17(23-18)24-9-1-2-10-24/h3-5,8,14,22H,1-2,6-7,9-12H2. The number of carbonyl (C=O) groups excluding carboxylic acids is 1. The minimum absolute atomic E-state index is 0.0447. The van der Waals surface area contributed by atoms with Crippen molar-refractivity contribution in [2.24, 2.45) is 0 Å². The van der Waals surface area contributed by atoms with Gasteiger partial charge in [-0.2, -0.15) is 5.26 Å². The molecule has 0 spiro atoms. The van der Waals surface area contributed by atoms with Crippen molar-refractivity contribution in [2.75, 3.05) is 31.1 Å². The fourth-order valence-electron chi connectivity index (χ4n) is 3.78. The van der Waals surface area contributed by atoms with Crippen molar-refractivity contribution >= 4 is 11.7 Å². The van der Waals surface area contributed by atoms with E-state index in [1.54, 1.807) is 12.1 Å². The van der Waals surface area contributed by atoms with E-state index in [0.29, 0.717) is 30.4 Å². The predicted octanol–water partition coefficient (Wildman–Crippen LogP) is 2.30. The van der Waals surface area contributed by atoms with Gasteiger partial charge in [-0.1, -0.05) is 0 Å². The summed E-state index contributed by atoms with van der Waals surface area (Å²) in [5, 5.41) is 8.88. The Kier molecular flexibility index (Phi) is 4.57. The van der Waals surface area contributed by atoms with Gasteiger partial charge in [0, 0.05) is 38.3 Å². The molecule has 2 aliphatic heterocycles. The number of piperidine rings is 1. The molecule has 4 rings (SSSR count). The topological polar surface area (TPSA) is 88.9 Å². The lowest BCUT2D eigenvalue weighted by Gasteiger charge is -2.31. The Morgan fingerprint density at radius 2 is 1.92 bits per heavy atom. The number of H-pyrrole nitrogens is 1. The highest BCUT2D eigenvalue weighted by atomic mass is 16.2. The van der Waals surface area contributed by atoms with E-state index in [2.05, 4.69) is 14.9 Å². The number of carbonyl (C=O) groups is 1. The lowest BCUT2D eigenvalue weighted by Crippen LogP contribution is -2.38. The van der Waals surface area contributed by atoms with E-state index in [4.69, 9.17) is 10.2 Å². The van der Waals surface area contributed by atoms with Crippen molar-refractivity contribution in [3.63, 3.8) is 0 Å². The van der Waals surface area contributed by atoms with Crippen LogP contribution < -0.4 is 4.90 Å². The molecular formula is C19H22N6O. The molecule has 0 aromatic carbocycles. The highest BCUT2D eigenvalue weighted by molar-refractivity contribution is 5.92. The summed E-state index contributed by atoms with van der Waals surface area (Å²) in [4.78, 5) is 28.9. The zero-order chi connectivity index (χ0) is 17.9. The Balaban J connectivity index is 1.39. The van der Waals surface area contributed by atoms with Crippen LogP contribution in [-0.2, 0) is 0 Å². The molecule has 7 heteroatoms. The van der Waals surface area contributed by atoms with E-state index in [9.17, 15) is 4.79 Å². The van der Waals surface area contributed by atoms with Gasteiger partial charge in [0.1, 0.15) is 29.1 Å². The Morgan fingerprint density at radius 1 is 1.15 bits per heavy atom. The normalized spacial score (nSPS) is 18.1. The second kappa shape index (κ2) is 7.16. The van der Waals surface area contributed by atoms with E-state index in [0.717, 1.165) is 37.6 Å². The van der Waals surface area contributed by atoms with E-state index in [1.165, 1.54) is 12.8 Å². The van der Waals surface area contributed by atoms with Gasteiger partial charge in [-0.05, 0) is 43.9 Å². The second-order valence-electron chi connectivity index (χ2n) is 6.93. The number of aromatic nitrogens is 3. The molecule has 0 radical (unpaired) electrons. The molecule has 0 aliphatic carbocycles. The van der Waals surface area contributed by atoms with Gasteiger partial charge in [0.25, 0.3) is 5.91 Å². The van der Waals surface area contributed by atoms with Crippen LogP contribution in [0.2, 0.25) is 0 Å². The van der Waals surface area contributed by atoms with Crippen molar-refractivity contribution in [3.05, 3.63) is 41.6 Å². The smallest absolute Gasteiger partial charge is 0.270 e. The molecule has 26 heavy (non-hydrogen) atoms. The molecule has 134 valence electrons. The van der Waals surface area contributed by atoms with Crippen LogP contribution in [0.4, 0.5) is 5.82 Å². The van der Waals surface area contributed by atoms with Gasteiger partial charge in [-0.15, -0.1) is 0 Å². The summed E-state index contributed by atoms with van der Waals surface area (Å²) < 4.78 is 0. The molecule has 2 aliphatic rings. The van der Waals surface area contributed by atoms with Gasteiger partial charge >= 0.3 is 0 Å². The van der Waals surface area contributed by atoms with E-state index >= 15 is 0 Å². The molecule has 0 bridgehead atoms. The number of anilines is 1. The first-order valence-corrected chi connectivity index (χ1v) is 9.21. The molecular weight excluding hydrogens is 328 g/mol. The monoisotopic (exact) mass is 350 g/mol. The number of hydrogen-bond donors (Lipinski definition) is 1. The molecule has 0 saturated carbocycles. The third-order valence-corrected chi connectivity index (χ3v) is 5.27. The van der Waals surface area contributed by atoms with E-state index in [1.807, 2.05) is 23.2 Å². The van der Waals surface area contributed by atoms with Gasteiger partial charge in [0.2, 0.25) is 0 Å². The van der Waals surface area contributed by atoms with Crippen LogP contribution in [0.15, 0.2) is 24.4 Å². The summed E-state index contributed by atoms with van der Waals surface area (Å²) in [5.41, 5.74) is 0.891. The number of nitrogens with one attached hydrogen (secondary N) is 1. The molecule has 0 unspecified atom stereocenters. The molecule has 0 atom stereocenters. The second-order valence-corrected chi connectivity index (χ2v) is 6.93. The predicted molar refractivity (Wildman–Crippen MR) is 96.9 cm³/mol. The maximum atomic E-state index is 12.5. The maximum absolute atomic E-state index is 12.5. The SMILES string of the molecule is N#Cc1ccc(C(=O)N2CCC(c3nccc(N4CCCC4)n3)CC2)[nH]1. The van der Waals surface area contributed by atoms with Gasteiger partial charge in [-0.25, -0.2) is 9.97 Å². The first-order valence-electron chi connectivity index (χ1n) is 9.21. The summed E-state index contributed by atoms with van der Waals surface area (Å²) in [6.07, 6.45) is 6.04. The molecule has 1 amide bonds. The Labute approximate surface area is 152 Å². The van der Waals surface area contributed by atoms with Crippen LogP contribution in [0, 0.1) is 11.3 Å². The number of likely N-dealkylation sites (tertiary alicyclic amines) is 1. The minimum atomic E-state index is -0.0447. The van der Waals surface area contributed by atoms with Crippen LogP contribution in [-0.4, -0.2) is 51.9 Å². The van der Waals surface area contributed by atoms with Crippen LogP contribution in [0.25, 0.3) is 0 Å². The molecule has 7 nitrogen and oxygen atoms in total. The van der Waals surface area contributed by atoms with Gasteiger partial charge in [0.05, 0.1) is 0 Å². The number of rotatable bonds is 3. The van der Waals surface area contributed by atoms with Crippen molar-refractivity contribution in [2.45, 2.75) is 31.6 Å². The van der Waals surface area contributed by atoms with Crippen LogP contribution in [0.5, 0.6) is 0 Å². The summed E-state index contributed by atoms with van der Waals surface area (Å²) in [5.74, 6) is 2.17. The van der Waals surface area contributed by atoms with Crippen molar-refractivity contribution in [1.29, 1.82) is 5.26 Å². The molecule has 2 aromatic rings. The minimum Gasteiger partial charge on any atom is -0.357 e. The average Bonchev–Trinajstić information content (AvgIpc) is 3.39. The van der Waals surface area contributed by atoms with Crippen LogP contribution in [0.3, 0.4) is 0 Å². The summed E-state index contributed by atoms with van der Waals surface area (Å²) in [7, 11) is 0. The van der Waals surface area contributed by atoms with Crippen LogP contribution in [0.1, 0.15) is 53.6 Å². The van der Waals surface area contributed by atoms with E-state index < -0.39 is 0 Å². The third kappa shape index (κ3) is 3.27. The molecule has 2 saturated heterocycles. The van der Waals surface area contributed by atoms with Crippen molar-refractivity contribution < 1.29 is 4.79 Å². The zero-order valence-corrected chi connectivity index (χ0v) is 14.7. The van der Waals surface area contributed by atoms with Crippen molar-refractivity contribution in [1.82, 2.24) is 19.9 Å². The van der Waals surface area contributed by atoms with Gasteiger partial charge < -0.3 is 14.8 Å². The van der Waals surface area contributed by atoms with E-state index in [-0.39, 0.29) is 5.91 Å². The summed E-state index contributed by atoms with van der Waals surface area (Å²) >= 11 is 0. The lowest BCUT2D eigenvalue weighted by molar-refractivity contribution is 0.0705. The largest absolute Gasteiger partial charge is 0.357 e. The number of aromatic amines is 1. The number of nitriles is 1. The summed E-state index contributed by atoms with van der Waals surface area (Å²) in [6.45, 7) is 3.51. The van der Waals surface area contributed by atoms with Gasteiger partial charge in [-0.3, -0.25) is 4.79 Å². The highest BCUT2D eigenvalue weighted by Crippen LogP contribution is 2.28. The Morgan fingerprint density at radius 3 is 2.62 bits per heavy atom. The molecule has 1 N–H and O–H groups in total. The average molecular weight is 350 g/mol. The Bertz CT molecular complexity index is 825. The lowest BCUT2D eigenvalue weighted by atomic mass is 9.95. The number of nitrogens with zero attached hydrogens (tertiary/aromatic N) is 5. The highest BCUT2D eigenvalue weighted by Gasteiger charge is 2.27. The van der Waals surface area contributed by atoms with Gasteiger partial charge in [0.15, 0.2) is 0 Å². The number of amides is 1. The fraction of sp³-hybridized carbons (Fsp3) is 0.474. The fourth-order valence-corrected chi connectivity index (χ4v) is 3.78. The van der Waals surface area contributed by atoms with Crippen molar-refractivity contribution in [3.8, 4) is 6.07 Å². The summed E-state index contributed by atoms with van der Waals surface area (Å²) in [6, 6.07) is 7.32. The third-order valence-electron chi connectivity index (χ3n) is 5.27. The molecule has 2 fully saturated rings. The quantitative estimate of drug-likeness (QED) is 0.917. The first kappa shape index (κ1) is 16.6. The first-order chi connectivity index (χ1) is 12.7. The molecule has 4 heterocycles. The maximum Gasteiger partial charge on any atom is 0.270 e. The zero-order valence-electron chi connectivity index (χ0n) is 14.7.